The van der Waals surface area contributed by atoms with Crippen LogP contribution in [0.3, 0.4) is 0 Å². The summed E-state index contributed by atoms with van der Waals surface area (Å²) in [5, 5.41) is 0.560. The highest BCUT2D eigenvalue weighted by Crippen LogP contribution is 2.33. The molecule has 0 N–H and O–H groups in total. The van der Waals surface area contributed by atoms with Crippen LogP contribution in [0.25, 0.3) is 22.2 Å². The van der Waals surface area contributed by atoms with Crippen LogP contribution in [0.2, 0.25) is 5.02 Å². The Labute approximate surface area is 217 Å². The number of anilines is 1. The lowest BCUT2D eigenvalue weighted by atomic mass is 10.0. The number of fused-ring (bicyclic) bond motifs is 1. The fourth-order valence-corrected chi connectivity index (χ4v) is 3.94. The fraction of sp³-hybridized carbons (Fsp3) is 0.103. The molecule has 0 radical (unpaired) electrons. The monoisotopic (exact) mass is 516 g/mol. The molecule has 1 aromatic heterocycles. The smallest absolute Gasteiger partial charge is 0.400 e. The molecule has 0 saturated carbocycles. The van der Waals surface area contributed by atoms with Crippen molar-refractivity contribution in [3.63, 3.8) is 0 Å². The van der Waals surface area contributed by atoms with Crippen molar-refractivity contribution in [1.82, 2.24) is 4.98 Å². The predicted molar refractivity (Wildman–Crippen MR) is 141 cm³/mol. The van der Waals surface area contributed by atoms with Gasteiger partial charge in [0, 0.05) is 29.4 Å². The van der Waals surface area contributed by atoms with E-state index < -0.39 is 0 Å². The number of aromatic nitrogens is 1. The molecular weight excluding hydrogens is 495 g/mol. The standard InChI is InChI=1S/C29H22ClFN2O4/c1-33(22-11-9-21(31)10-12-22)28(34)16-17-35-26-5-3-2-4-24(26)19-6-13-23(14-7-19)36-29-32-25-15-8-20(30)18-27(25)37-29/h2-15,18H,16-17H2,1H3. The molecule has 0 atom stereocenters. The van der Waals surface area contributed by atoms with E-state index in [1.54, 1.807) is 37.4 Å². The lowest BCUT2D eigenvalue weighted by molar-refractivity contribution is -0.118. The molecule has 6 nitrogen and oxygen atoms in total. The van der Waals surface area contributed by atoms with Gasteiger partial charge in [-0.05, 0) is 60.2 Å². The zero-order chi connectivity index (χ0) is 25.8. The molecule has 1 heterocycles. The number of hydrogen-bond acceptors (Lipinski definition) is 5. The summed E-state index contributed by atoms with van der Waals surface area (Å²) in [6, 6.07) is 26.0. The zero-order valence-electron chi connectivity index (χ0n) is 19.9. The highest BCUT2D eigenvalue weighted by atomic mass is 35.5. The number of halogens is 2. The van der Waals surface area contributed by atoms with Crippen molar-refractivity contribution in [3.8, 4) is 28.7 Å². The number of carbonyl (C=O) groups is 1. The van der Waals surface area contributed by atoms with E-state index in [4.69, 9.17) is 25.5 Å². The van der Waals surface area contributed by atoms with Crippen molar-refractivity contribution in [2.24, 2.45) is 0 Å². The minimum absolute atomic E-state index is 0.129. The molecule has 0 unspecified atom stereocenters. The second-order valence-corrected chi connectivity index (χ2v) is 8.68. The molecule has 37 heavy (non-hydrogen) atoms. The number of amides is 1. The molecule has 0 aliphatic carbocycles. The van der Waals surface area contributed by atoms with Crippen LogP contribution in [0.1, 0.15) is 6.42 Å². The van der Waals surface area contributed by atoms with Gasteiger partial charge >= 0.3 is 6.08 Å². The van der Waals surface area contributed by atoms with Gasteiger partial charge in [0.05, 0.1) is 13.0 Å². The second-order valence-electron chi connectivity index (χ2n) is 8.24. The van der Waals surface area contributed by atoms with E-state index in [0.717, 1.165) is 11.1 Å². The van der Waals surface area contributed by atoms with E-state index in [2.05, 4.69) is 4.98 Å². The quantitative estimate of drug-likeness (QED) is 0.213. The Balaban J connectivity index is 1.22. The molecule has 0 spiro atoms. The van der Waals surface area contributed by atoms with Crippen LogP contribution < -0.4 is 14.4 Å². The SMILES string of the molecule is CN(C(=O)CCOc1ccccc1-c1ccc(Oc2nc3ccc(Cl)cc3o2)cc1)c1ccc(F)cc1. The van der Waals surface area contributed by atoms with Crippen LogP contribution in [0.15, 0.2) is 95.4 Å². The summed E-state index contributed by atoms with van der Waals surface area (Å²) in [5.74, 6) is 0.742. The Morgan fingerprint density at radius 2 is 1.76 bits per heavy atom. The predicted octanol–water partition coefficient (Wildman–Crippen LogP) is 7.51. The molecule has 4 aromatic carbocycles. The lowest BCUT2D eigenvalue weighted by Crippen LogP contribution is -2.27. The van der Waals surface area contributed by atoms with Gasteiger partial charge in [0.1, 0.15) is 22.8 Å². The van der Waals surface area contributed by atoms with Gasteiger partial charge in [-0.3, -0.25) is 4.79 Å². The van der Waals surface area contributed by atoms with Crippen molar-refractivity contribution in [2.45, 2.75) is 6.42 Å². The minimum atomic E-state index is -0.347. The summed E-state index contributed by atoms with van der Waals surface area (Å²) in [4.78, 5) is 18.4. The molecule has 0 fully saturated rings. The first-order chi connectivity index (χ1) is 18.0. The maximum atomic E-state index is 13.2. The largest absolute Gasteiger partial charge is 0.492 e. The van der Waals surface area contributed by atoms with Crippen LogP contribution in [0, 0.1) is 5.82 Å². The van der Waals surface area contributed by atoms with E-state index >= 15 is 0 Å². The van der Waals surface area contributed by atoms with E-state index in [9.17, 15) is 9.18 Å². The summed E-state index contributed by atoms with van der Waals surface area (Å²) in [7, 11) is 1.66. The summed E-state index contributed by atoms with van der Waals surface area (Å²) >= 11 is 6.00. The fourth-order valence-electron chi connectivity index (χ4n) is 3.78. The summed E-state index contributed by atoms with van der Waals surface area (Å²) in [6.45, 7) is 0.199. The van der Waals surface area contributed by atoms with Crippen molar-refractivity contribution < 1.29 is 23.1 Å². The Morgan fingerprint density at radius 1 is 1.00 bits per heavy atom. The first kappa shape index (κ1) is 24.3. The maximum absolute atomic E-state index is 13.2. The second kappa shape index (κ2) is 10.7. The molecule has 5 aromatic rings. The first-order valence-corrected chi connectivity index (χ1v) is 11.9. The van der Waals surface area contributed by atoms with Crippen molar-refractivity contribution in [3.05, 3.63) is 102 Å². The number of benzene rings is 4. The van der Waals surface area contributed by atoms with Crippen LogP contribution >= 0.6 is 11.6 Å². The van der Waals surface area contributed by atoms with Crippen molar-refractivity contribution in [2.75, 3.05) is 18.6 Å². The van der Waals surface area contributed by atoms with Gasteiger partial charge in [0.2, 0.25) is 5.91 Å². The molecule has 186 valence electrons. The van der Waals surface area contributed by atoms with Gasteiger partial charge in [-0.2, -0.15) is 4.98 Å². The highest BCUT2D eigenvalue weighted by molar-refractivity contribution is 6.31. The summed E-state index contributed by atoms with van der Waals surface area (Å²) in [5.41, 5.74) is 3.62. The number of para-hydroxylation sites is 1. The highest BCUT2D eigenvalue weighted by Gasteiger charge is 2.13. The minimum Gasteiger partial charge on any atom is -0.492 e. The van der Waals surface area contributed by atoms with E-state index in [-0.39, 0.29) is 30.8 Å². The molecule has 1 amide bonds. The number of ether oxygens (including phenoxy) is 2. The van der Waals surface area contributed by atoms with Crippen LogP contribution in [0.5, 0.6) is 17.6 Å². The van der Waals surface area contributed by atoms with E-state index in [1.165, 1.54) is 17.0 Å². The van der Waals surface area contributed by atoms with E-state index in [1.807, 2.05) is 48.5 Å². The molecule has 0 aliphatic rings. The van der Waals surface area contributed by atoms with Gasteiger partial charge < -0.3 is 18.8 Å². The molecule has 5 rings (SSSR count). The van der Waals surface area contributed by atoms with Gasteiger partial charge in [-0.1, -0.05) is 41.9 Å². The average Bonchev–Trinajstić information content (AvgIpc) is 3.30. The van der Waals surface area contributed by atoms with Gasteiger partial charge in [-0.15, -0.1) is 0 Å². The first-order valence-electron chi connectivity index (χ1n) is 11.5. The van der Waals surface area contributed by atoms with Gasteiger partial charge in [0.15, 0.2) is 5.58 Å². The molecule has 0 saturated heterocycles. The normalized spacial score (nSPS) is 10.9. The van der Waals surface area contributed by atoms with E-state index in [0.29, 0.717) is 33.3 Å². The number of hydrogen-bond donors (Lipinski definition) is 0. The maximum Gasteiger partial charge on any atom is 0.400 e. The Morgan fingerprint density at radius 3 is 2.54 bits per heavy atom. The van der Waals surface area contributed by atoms with Crippen LogP contribution in [-0.4, -0.2) is 24.5 Å². The molecular formula is C29H22ClFN2O4. The van der Waals surface area contributed by atoms with Gasteiger partial charge in [-0.25, -0.2) is 4.39 Å². The third kappa shape index (κ3) is 5.73. The topological polar surface area (TPSA) is 64.8 Å². The van der Waals surface area contributed by atoms with Crippen LogP contribution in [-0.2, 0) is 4.79 Å². The summed E-state index contributed by atoms with van der Waals surface area (Å²) < 4.78 is 30.5. The Hall–Kier alpha value is -4.36. The van der Waals surface area contributed by atoms with Crippen molar-refractivity contribution >= 4 is 34.3 Å². The molecule has 8 heteroatoms. The number of rotatable bonds is 8. The Bertz CT molecular complexity index is 1530. The number of nitrogens with zero attached hydrogens (tertiary/aromatic N) is 2. The molecule has 0 bridgehead atoms. The lowest BCUT2D eigenvalue weighted by Gasteiger charge is -2.18. The zero-order valence-corrected chi connectivity index (χ0v) is 20.6. The van der Waals surface area contributed by atoms with Crippen molar-refractivity contribution in [1.29, 1.82) is 0 Å². The third-order valence-corrected chi connectivity index (χ3v) is 5.99. The van der Waals surface area contributed by atoms with Crippen LogP contribution in [0.4, 0.5) is 10.1 Å². The molecule has 0 aliphatic heterocycles. The number of oxazole rings is 1. The third-order valence-electron chi connectivity index (χ3n) is 5.75. The number of carbonyl (C=O) groups excluding carboxylic acids is 1. The Kier molecular flexibility index (Phi) is 7.05. The average molecular weight is 517 g/mol. The van der Waals surface area contributed by atoms with Gasteiger partial charge in [0.25, 0.3) is 0 Å². The summed E-state index contributed by atoms with van der Waals surface area (Å²) in [6.07, 6.45) is 0.300.